The van der Waals surface area contributed by atoms with Gasteiger partial charge in [0.15, 0.2) is 9.84 Å². The van der Waals surface area contributed by atoms with E-state index in [1.165, 1.54) is 39.6 Å². The van der Waals surface area contributed by atoms with Crippen molar-refractivity contribution in [3.05, 3.63) is 373 Å². The minimum Gasteiger partial charge on any atom is -0.481 e. The summed E-state index contributed by atoms with van der Waals surface area (Å²) in [6, 6.07) is 79.5. The fourth-order valence-corrected chi connectivity index (χ4v) is 22.0. The van der Waals surface area contributed by atoms with Crippen molar-refractivity contribution in [1.82, 2.24) is 27.6 Å². The lowest BCUT2D eigenvalue weighted by Crippen LogP contribution is -2.35. The number of hydrogen-bond donors (Lipinski definition) is 3. The second kappa shape index (κ2) is 61.8. The normalized spacial score (nSPS) is 14.2. The number of carboxylic acid groups (broad SMARTS) is 2. The molecule has 12 aromatic rings. The number of carboxylic acids is 2. The van der Waals surface area contributed by atoms with Gasteiger partial charge in [0.2, 0.25) is 51.9 Å². The Hall–Kier alpha value is -11.4. The first-order valence-electron chi connectivity index (χ1n) is 48.3. The quantitative estimate of drug-likeness (QED) is 0.0718. The molecule has 5 heterocycles. The summed E-state index contributed by atoms with van der Waals surface area (Å²) >= 11 is 0. The molecule has 1 unspecified atom stereocenters. The molecule has 4 fully saturated rings. The molecule has 3 saturated heterocycles. The van der Waals surface area contributed by atoms with Crippen LogP contribution in [-0.4, -0.2) is 172 Å². The Labute approximate surface area is 860 Å². The van der Waals surface area contributed by atoms with E-state index >= 15 is 0 Å². The van der Waals surface area contributed by atoms with Crippen LogP contribution in [-0.2, 0) is 66.2 Å². The maximum absolute atomic E-state index is 12.3. The van der Waals surface area contributed by atoms with E-state index in [2.05, 4.69) is 91.8 Å². The number of carbonyl (C=O) groups is 2. The number of aryl methyl sites for hydroxylation is 16. The van der Waals surface area contributed by atoms with E-state index in [1.807, 2.05) is 191 Å². The molecule has 3 N–H and O–H groups in total. The van der Waals surface area contributed by atoms with Gasteiger partial charge in [0.25, 0.3) is 0 Å². The maximum atomic E-state index is 12.3. The average Bonchev–Trinajstić information content (AvgIpc) is 1.56. The average molecular weight is 2080 g/mol. The number of hydrogen-bond acceptors (Lipinski definition) is 18. The zero-order valence-electron chi connectivity index (χ0n) is 87.4. The van der Waals surface area contributed by atoms with Gasteiger partial charge in [0, 0.05) is 75.1 Å². The van der Waals surface area contributed by atoms with Crippen molar-refractivity contribution in [1.29, 1.82) is 0 Å². The van der Waals surface area contributed by atoms with E-state index in [4.69, 9.17) is 19.7 Å². The van der Waals surface area contributed by atoms with E-state index in [0.717, 1.165) is 133 Å². The van der Waals surface area contributed by atoms with Gasteiger partial charge in [-0.05, 0) is 282 Å². The summed E-state index contributed by atoms with van der Waals surface area (Å²) in [4.78, 5) is 30.6. The molecule has 0 amide bonds. The smallest absolute Gasteiger partial charge is 0.335 e. The van der Waals surface area contributed by atoms with Crippen molar-refractivity contribution in [2.75, 3.05) is 64.7 Å². The summed E-state index contributed by atoms with van der Waals surface area (Å²) in [6.45, 7) is 37.0. The number of nitrogens with zero attached hydrogens (tertiary/aromatic N) is 5. The Bertz CT molecular complexity index is 6520. The number of methoxy groups -OCH3 is 2. The molecule has 10 aromatic carbocycles. The second-order valence-electron chi connectivity index (χ2n) is 36.3. The highest BCUT2D eigenvalue weighted by atomic mass is 32.2. The summed E-state index contributed by atoms with van der Waals surface area (Å²) < 4.78 is 159. The predicted octanol–water partition coefficient (Wildman–Crippen LogP) is 23.2. The molecule has 780 valence electrons. The summed E-state index contributed by atoms with van der Waals surface area (Å²) in [5.41, 5.74) is 19.4. The number of aromatic carboxylic acids is 2. The standard InChI is InChI=1S/4C12H17NO2S.C10H14O2S.C9H12O2S.C9H12.2C8H8O2.C8H10.2C7H9NO/c1-10-5-7-12(8-6-10)16(14,15)13-9-3-4-11(13)2;2*1-11-5-7-12(8-6-11)16(14,15)13-9-3-2-4-10-13;1-10-6-8-12(9-7-10)16(14,15)13-11-4-2-3-5-11;1-9-3-5-10(6-4-9)7-8-13(2,11)12;1-3-12(10,11)9-6-4-8(2)5-7-9;1-7-4-5-8(2)9(3)6-7;1-6-2-4-7(5-3-6)8(9)10;1-6-3-2-4-7(5-6)8(9)10;1-7-4-3-5-8(2)6-7;1-6-3-4-7(9-2)8-5-6;1-6-4-3-5-8-7(6)9-2/h5-8,11H,3-4,9H2,1-2H3;2*5-8H,2-4,9-10H2,1H3;6-9,11,13H,2-5H2,1H3;3-6H,7-8H2,1-2H3;4-7H,3H2,1-2H3;4-6H,1-3H3;2*2-5H,1H3,(H,9,10);3-6H,1-2H3;2*3-5H,1-2H3. The molecule has 16 rings (SSSR count). The van der Waals surface area contributed by atoms with Crippen LogP contribution in [0.2, 0.25) is 0 Å². The number of pyridine rings is 2. The van der Waals surface area contributed by atoms with Gasteiger partial charge in [-0.1, -0.05) is 258 Å². The molecule has 4 aliphatic rings. The Kier molecular flexibility index (Phi) is 52.8. The summed E-state index contributed by atoms with van der Waals surface area (Å²) in [6.07, 6.45) is 17.7. The maximum Gasteiger partial charge on any atom is 0.335 e. The lowest BCUT2D eigenvalue weighted by Gasteiger charge is -2.25. The number of nitrogens with one attached hydrogen (secondary N) is 1. The number of rotatable bonds is 18. The first-order valence-corrected chi connectivity index (χ1v) is 57.8. The van der Waals surface area contributed by atoms with Crippen molar-refractivity contribution in [2.24, 2.45) is 0 Å². The molecule has 1 atom stereocenters. The Balaban J connectivity index is 0.000000279. The molecular formula is C114H150N6O18S6. The fraction of sp³-hybridized carbons (Fsp3) is 0.368. The third kappa shape index (κ3) is 45.5. The van der Waals surface area contributed by atoms with Crippen LogP contribution in [0.4, 0.5) is 0 Å². The SMILES string of the molecule is CCS(=O)(=O)c1ccc(C)cc1.COc1ccc(C)cn1.COc1ncccc1C.Cc1ccc(C(=O)O)cc1.Cc1ccc(C)c(C)c1.Cc1ccc(CCS(C)(=O)=O)cc1.Cc1ccc(S(=O)(=O)N2CCCC2C)cc1.Cc1ccc(S(=O)(=O)N2CCCCC2)cc1.Cc1ccc(S(=O)(=O)N2CCCCC2)cc1.Cc1ccc(S(=O)(=O)NC2CCCC2)cc1.Cc1cccc(C(=O)O)c1.Cc1cccc(C)c1. The van der Waals surface area contributed by atoms with Gasteiger partial charge in [0.1, 0.15) is 9.84 Å². The zero-order chi connectivity index (χ0) is 107. The molecule has 0 radical (unpaired) electrons. The number of sulfonamides is 4. The van der Waals surface area contributed by atoms with Crippen molar-refractivity contribution < 1.29 is 79.8 Å². The van der Waals surface area contributed by atoms with Crippen LogP contribution in [0, 0.1) is 104 Å². The molecule has 0 bridgehead atoms. The monoisotopic (exact) mass is 2080 g/mol. The van der Waals surface area contributed by atoms with Gasteiger partial charge in [-0.3, -0.25) is 0 Å². The number of piperidine rings is 2. The summed E-state index contributed by atoms with van der Waals surface area (Å²) in [5, 5.41) is 17.0. The van der Waals surface area contributed by atoms with Crippen LogP contribution in [0.15, 0.2) is 298 Å². The molecule has 3 aliphatic heterocycles. The van der Waals surface area contributed by atoms with E-state index in [9.17, 15) is 60.1 Å². The topological polar surface area (TPSA) is 345 Å². The molecule has 144 heavy (non-hydrogen) atoms. The molecule has 2 aromatic heterocycles. The Morgan fingerprint density at radius 2 is 0.750 bits per heavy atom. The van der Waals surface area contributed by atoms with Gasteiger partial charge in [-0.2, -0.15) is 12.9 Å². The van der Waals surface area contributed by atoms with E-state index in [-0.39, 0.29) is 23.6 Å². The van der Waals surface area contributed by atoms with E-state index in [1.54, 1.807) is 150 Å². The second-order valence-corrected chi connectivity index (χ2v) is 48.3. The Morgan fingerprint density at radius 3 is 1.09 bits per heavy atom. The van der Waals surface area contributed by atoms with Gasteiger partial charge in [-0.25, -0.2) is 74.8 Å². The molecule has 24 nitrogen and oxygen atoms in total. The third-order valence-electron chi connectivity index (χ3n) is 23.4. The first kappa shape index (κ1) is 123. The van der Waals surface area contributed by atoms with Crippen molar-refractivity contribution in [3.8, 4) is 11.8 Å². The van der Waals surface area contributed by atoms with Crippen molar-refractivity contribution >= 4 is 71.7 Å². The minimum atomic E-state index is -3.31. The van der Waals surface area contributed by atoms with Crippen LogP contribution >= 0.6 is 0 Å². The highest BCUT2D eigenvalue weighted by Crippen LogP contribution is 2.28. The van der Waals surface area contributed by atoms with Crippen molar-refractivity contribution in [3.63, 3.8) is 0 Å². The van der Waals surface area contributed by atoms with Crippen LogP contribution in [0.1, 0.15) is 201 Å². The lowest BCUT2D eigenvalue weighted by atomic mass is 10.1. The first-order chi connectivity index (χ1) is 67.9. The molecule has 0 spiro atoms. The van der Waals surface area contributed by atoms with Crippen LogP contribution in [0.5, 0.6) is 11.8 Å². The Morgan fingerprint density at radius 1 is 0.361 bits per heavy atom. The number of sulfone groups is 2. The molecule has 30 heteroatoms. The zero-order valence-corrected chi connectivity index (χ0v) is 92.3. The lowest BCUT2D eigenvalue weighted by molar-refractivity contribution is 0.0686. The largest absolute Gasteiger partial charge is 0.481 e. The fourth-order valence-electron chi connectivity index (χ4n) is 14.5. The third-order valence-corrected chi connectivity index (χ3v) is 33.5. The minimum absolute atomic E-state index is 0.131. The molecule has 1 aliphatic carbocycles. The van der Waals surface area contributed by atoms with Gasteiger partial charge >= 0.3 is 11.9 Å². The number of benzene rings is 10. The van der Waals surface area contributed by atoms with Gasteiger partial charge in [-0.15, -0.1) is 0 Å². The number of ether oxygens (including phenoxy) is 2. The van der Waals surface area contributed by atoms with Crippen LogP contribution < -0.4 is 14.2 Å². The molecular weight excluding hydrogens is 1930 g/mol. The highest BCUT2D eigenvalue weighted by Gasteiger charge is 2.33. The van der Waals surface area contributed by atoms with E-state index < -0.39 is 71.7 Å². The number of aromatic nitrogens is 2. The van der Waals surface area contributed by atoms with Gasteiger partial charge in [0.05, 0.1) is 61.3 Å². The summed E-state index contributed by atoms with van der Waals surface area (Å²) in [7, 11) is -15.7. The van der Waals surface area contributed by atoms with Crippen molar-refractivity contribution in [2.45, 2.75) is 238 Å². The van der Waals surface area contributed by atoms with E-state index in [0.29, 0.717) is 86.5 Å². The van der Waals surface area contributed by atoms with Crippen LogP contribution in [0.3, 0.4) is 0 Å². The predicted molar refractivity (Wildman–Crippen MR) is 582 cm³/mol. The van der Waals surface area contributed by atoms with Crippen LogP contribution in [0.25, 0.3) is 0 Å². The molecule has 1 saturated carbocycles. The van der Waals surface area contributed by atoms with Gasteiger partial charge < -0.3 is 19.7 Å². The summed E-state index contributed by atoms with van der Waals surface area (Å²) in [5.74, 6) is 0.0216. The highest BCUT2D eigenvalue weighted by molar-refractivity contribution is 7.91.